The van der Waals surface area contributed by atoms with Gasteiger partial charge in [-0.15, -0.1) is 10.2 Å². The molecule has 0 bridgehead atoms. The third kappa shape index (κ3) is 2.43. The maximum atomic E-state index is 11.5. The predicted molar refractivity (Wildman–Crippen MR) is 88.4 cm³/mol. The highest BCUT2D eigenvalue weighted by molar-refractivity contribution is 6.08. The highest BCUT2D eigenvalue weighted by Gasteiger charge is 2.18. The summed E-state index contributed by atoms with van der Waals surface area (Å²) in [6, 6.07) is 8.38. The number of carboxylic acids is 1. The Labute approximate surface area is 139 Å². The number of nitrogens with one attached hydrogen (secondary N) is 1. The Bertz CT molecular complexity index is 1150. The summed E-state index contributed by atoms with van der Waals surface area (Å²) in [4.78, 5) is 26.4. The number of benzene rings is 2. The van der Waals surface area contributed by atoms with Crippen LogP contribution in [0.4, 0.5) is 11.5 Å². The van der Waals surface area contributed by atoms with Crippen LogP contribution in [-0.2, 0) is 0 Å². The molecule has 0 aliphatic rings. The van der Waals surface area contributed by atoms with Crippen molar-refractivity contribution in [2.75, 3.05) is 0 Å². The molecule has 0 amide bonds. The van der Waals surface area contributed by atoms with E-state index in [1.54, 1.807) is 30.3 Å². The Morgan fingerprint density at radius 1 is 1.12 bits per heavy atom. The molecule has 2 heterocycles. The lowest BCUT2D eigenvalue weighted by molar-refractivity contribution is 0.0696. The van der Waals surface area contributed by atoms with Crippen molar-refractivity contribution in [3.63, 3.8) is 0 Å². The highest BCUT2D eigenvalue weighted by Crippen LogP contribution is 2.37. The Morgan fingerprint density at radius 2 is 1.96 bits per heavy atom. The third-order valence-corrected chi connectivity index (χ3v) is 3.67. The number of aromatic amines is 1. The molecule has 0 saturated heterocycles. The first-order valence-corrected chi connectivity index (χ1v) is 7.19. The number of aromatic hydroxyl groups is 1. The fourth-order valence-corrected chi connectivity index (χ4v) is 2.54. The van der Waals surface area contributed by atoms with Crippen molar-refractivity contribution in [1.82, 2.24) is 19.9 Å². The van der Waals surface area contributed by atoms with Gasteiger partial charge in [-0.25, -0.2) is 19.7 Å². The van der Waals surface area contributed by atoms with Gasteiger partial charge in [0.1, 0.15) is 17.6 Å². The number of imidazole rings is 1. The van der Waals surface area contributed by atoms with E-state index in [4.69, 9.17) is 0 Å². The third-order valence-electron chi connectivity index (χ3n) is 3.67. The average molecular weight is 334 g/mol. The molecule has 4 rings (SSSR count). The van der Waals surface area contributed by atoms with Crippen LogP contribution in [0.25, 0.3) is 21.9 Å². The highest BCUT2D eigenvalue weighted by atomic mass is 16.4. The molecule has 0 radical (unpaired) electrons. The minimum absolute atomic E-state index is 0.0263. The first kappa shape index (κ1) is 14.7. The molecule has 4 aromatic rings. The van der Waals surface area contributed by atoms with E-state index in [1.165, 1.54) is 12.7 Å². The van der Waals surface area contributed by atoms with Gasteiger partial charge in [-0.3, -0.25) is 0 Å². The molecule has 0 unspecified atom stereocenters. The van der Waals surface area contributed by atoms with Gasteiger partial charge in [0.25, 0.3) is 0 Å². The lowest BCUT2D eigenvalue weighted by Crippen LogP contribution is -1.98. The molecule has 2 aromatic carbocycles. The molecule has 2 aromatic heterocycles. The standard InChI is InChI=1S/C16H10N6O3/c23-13-10(5-8-3-1-2-4-9(8)11(13)16(24)25)21-22-15-12-14(18-6-17-12)19-7-20-15/h1-7,23H,(H,24,25)(H,17,18,19,20)/b22-21+. The van der Waals surface area contributed by atoms with Gasteiger partial charge in [-0.2, -0.15) is 0 Å². The van der Waals surface area contributed by atoms with Crippen LogP contribution in [0.15, 0.2) is 53.2 Å². The molecule has 0 spiro atoms. The molecular weight excluding hydrogens is 324 g/mol. The summed E-state index contributed by atoms with van der Waals surface area (Å²) in [6.45, 7) is 0. The maximum absolute atomic E-state index is 11.5. The summed E-state index contributed by atoms with van der Waals surface area (Å²) in [6.07, 6.45) is 2.76. The smallest absolute Gasteiger partial charge is 0.340 e. The van der Waals surface area contributed by atoms with Crippen molar-refractivity contribution in [3.05, 3.63) is 48.5 Å². The van der Waals surface area contributed by atoms with Crippen LogP contribution in [0, 0.1) is 0 Å². The van der Waals surface area contributed by atoms with Gasteiger partial charge in [0.15, 0.2) is 16.9 Å². The van der Waals surface area contributed by atoms with Crippen molar-refractivity contribution >= 4 is 39.4 Å². The Kier molecular flexibility index (Phi) is 3.31. The Morgan fingerprint density at radius 3 is 2.80 bits per heavy atom. The molecule has 9 nitrogen and oxygen atoms in total. The maximum Gasteiger partial charge on any atom is 0.340 e. The van der Waals surface area contributed by atoms with E-state index in [-0.39, 0.29) is 17.1 Å². The number of carboxylic acid groups (broad SMARTS) is 1. The second-order valence-electron chi connectivity index (χ2n) is 5.14. The van der Waals surface area contributed by atoms with Crippen LogP contribution in [0.5, 0.6) is 5.75 Å². The van der Waals surface area contributed by atoms with Gasteiger partial charge >= 0.3 is 5.97 Å². The minimum Gasteiger partial charge on any atom is -0.505 e. The van der Waals surface area contributed by atoms with Crippen molar-refractivity contribution < 1.29 is 15.0 Å². The average Bonchev–Trinajstić information content (AvgIpc) is 3.09. The van der Waals surface area contributed by atoms with E-state index in [0.29, 0.717) is 21.9 Å². The lowest BCUT2D eigenvalue weighted by atomic mass is 10.0. The van der Waals surface area contributed by atoms with Gasteiger partial charge in [-0.05, 0) is 11.5 Å². The summed E-state index contributed by atoms with van der Waals surface area (Å²) < 4.78 is 0. The van der Waals surface area contributed by atoms with E-state index in [1.807, 2.05) is 0 Å². The number of hydrogen-bond donors (Lipinski definition) is 3. The fraction of sp³-hybridized carbons (Fsp3) is 0. The topological polar surface area (TPSA) is 137 Å². The summed E-state index contributed by atoms with van der Waals surface area (Å²) >= 11 is 0. The van der Waals surface area contributed by atoms with E-state index in [2.05, 4.69) is 30.2 Å². The molecule has 3 N–H and O–H groups in total. The van der Waals surface area contributed by atoms with E-state index in [0.717, 1.165) is 0 Å². The van der Waals surface area contributed by atoms with Crippen LogP contribution in [-0.4, -0.2) is 36.1 Å². The molecule has 0 aliphatic carbocycles. The molecule has 122 valence electrons. The van der Waals surface area contributed by atoms with Gasteiger partial charge in [0.05, 0.1) is 6.33 Å². The lowest BCUT2D eigenvalue weighted by Gasteiger charge is -2.07. The zero-order chi connectivity index (χ0) is 17.4. The molecule has 25 heavy (non-hydrogen) atoms. The molecule has 9 heteroatoms. The number of H-pyrrole nitrogens is 1. The number of aromatic nitrogens is 4. The normalized spacial score (nSPS) is 11.5. The number of phenols is 1. The monoisotopic (exact) mass is 334 g/mol. The number of fused-ring (bicyclic) bond motifs is 2. The number of nitrogens with zero attached hydrogens (tertiary/aromatic N) is 5. The van der Waals surface area contributed by atoms with E-state index < -0.39 is 11.7 Å². The second-order valence-corrected chi connectivity index (χ2v) is 5.14. The summed E-state index contributed by atoms with van der Waals surface area (Å²) in [5.74, 6) is -1.50. The predicted octanol–water partition coefficient (Wildman–Crippen LogP) is 3.33. The number of aromatic carboxylic acids is 1. The van der Waals surface area contributed by atoms with Gasteiger partial charge in [0.2, 0.25) is 5.82 Å². The number of rotatable bonds is 3. The van der Waals surface area contributed by atoms with Crippen LogP contribution in [0.1, 0.15) is 10.4 Å². The van der Waals surface area contributed by atoms with Gasteiger partial charge < -0.3 is 15.2 Å². The van der Waals surface area contributed by atoms with Gasteiger partial charge in [0, 0.05) is 5.39 Å². The van der Waals surface area contributed by atoms with Crippen LogP contribution in [0.3, 0.4) is 0 Å². The molecule has 0 atom stereocenters. The summed E-state index contributed by atoms with van der Waals surface area (Å²) in [5, 5.41) is 28.7. The molecule has 0 aliphatic heterocycles. The minimum atomic E-state index is -1.25. The largest absolute Gasteiger partial charge is 0.505 e. The quantitative estimate of drug-likeness (QED) is 0.491. The van der Waals surface area contributed by atoms with Crippen LogP contribution >= 0.6 is 0 Å². The fourth-order valence-electron chi connectivity index (χ4n) is 2.54. The van der Waals surface area contributed by atoms with Gasteiger partial charge in [-0.1, -0.05) is 24.3 Å². The number of carbonyl (C=O) groups is 1. The van der Waals surface area contributed by atoms with Crippen molar-refractivity contribution in [1.29, 1.82) is 0 Å². The van der Waals surface area contributed by atoms with Crippen molar-refractivity contribution in [2.45, 2.75) is 0 Å². The SMILES string of the molecule is O=C(O)c1c(O)c(/N=N/c2ncnc3[nH]cnc23)cc2ccccc12. The molecular formula is C16H10N6O3. The summed E-state index contributed by atoms with van der Waals surface area (Å²) in [5.41, 5.74) is 0.723. The van der Waals surface area contributed by atoms with E-state index in [9.17, 15) is 15.0 Å². The molecule has 0 saturated carbocycles. The Hall–Kier alpha value is -3.88. The van der Waals surface area contributed by atoms with Crippen molar-refractivity contribution in [2.24, 2.45) is 10.2 Å². The number of hydrogen-bond acceptors (Lipinski definition) is 7. The van der Waals surface area contributed by atoms with Crippen LogP contribution in [0.2, 0.25) is 0 Å². The zero-order valence-electron chi connectivity index (χ0n) is 12.6. The molecule has 0 fully saturated rings. The second kappa shape index (κ2) is 5.64. The van der Waals surface area contributed by atoms with Crippen molar-refractivity contribution in [3.8, 4) is 5.75 Å². The van der Waals surface area contributed by atoms with Crippen LogP contribution < -0.4 is 0 Å². The van der Waals surface area contributed by atoms with E-state index >= 15 is 0 Å². The first-order valence-electron chi connectivity index (χ1n) is 7.19. The summed E-state index contributed by atoms with van der Waals surface area (Å²) in [7, 11) is 0. The zero-order valence-corrected chi connectivity index (χ0v) is 12.6. The first-order chi connectivity index (χ1) is 12.1. The Balaban J connectivity index is 1.88. The number of azo groups is 1.